The van der Waals surface area contributed by atoms with Crippen LogP contribution in [0.3, 0.4) is 0 Å². The maximum Gasteiger partial charge on any atom is 0.252 e. The van der Waals surface area contributed by atoms with Crippen LogP contribution in [-0.4, -0.2) is 51.3 Å². The van der Waals surface area contributed by atoms with Crippen molar-refractivity contribution in [3.05, 3.63) is 88.3 Å². The van der Waals surface area contributed by atoms with Crippen molar-refractivity contribution >= 4 is 22.6 Å². The Bertz CT molecular complexity index is 1350. The lowest BCUT2D eigenvalue weighted by Crippen LogP contribution is -2.50. The first-order valence-electron chi connectivity index (χ1n) is 11.3. The predicted octanol–water partition coefficient (Wildman–Crippen LogP) is 3.15. The van der Waals surface area contributed by atoms with E-state index in [0.717, 1.165) is 35.4 Å². The van der Waals surface area contributed by atoms with Gasteiger partial charge < -0.3 is 9.80 Å². The number of hydrogen-bond donors (Lipinski definition) is 0. The Morgan fingerprint density at radius 2 is 1.48 bits per heavy atom. The third-order valence-corrected chi connectivity index (χ3v) is 6.34. The van der Waals surface area contributed by atoms with E-state index in [9.17, 15) is 9.59 Å². The van der Waals surface area contributed by atoms with Crippen molar-refractivity contribution in [2.75, 3.05) is 31.1 Å². The van der Waals surface area contributed by atoms with E-state index in [0.29, 0.717) is 18.7 Å². The van der Waals surface area contributed by atoms with Crippen LogP contribution in [0.5, 0.6) is 0 Å². The largest absolute Gasteiger partial charge is 0.368 e. The number of piperazine rings is 1. The molecule has 7 nitrogen and oxygen atoms in total. The number of amides is 1. The smallest absolute Gasteiger partial charge is 0.252 e. The number of nitrogens with zero attached hydrogens (tertiary/aromatic N) is 5. The van der Waals surface area contributed by atoms with Crippen LogP contribution in [0.1, 0.15) is 11.3 Å². The molecule has 0 N–H and O–H groups in total. The summed E-state index contributed by atoms with van der Waals surface area (Å²) < 4.78 is 3.35. The van der Waals surface area contributed by atoms with E-state index >= 15 is 0 Å². The number of benzene rings is 2. The molecule has 3 heterocycles. The van der Waals surface area contributed by atoms with Gasteiger partial charge in [-0.25, -0.2) is 4.68 Å². The highest BCUT2D eigenvalue weighted by Crippen LogP contribution is 2.24. The Hall–Kier alpha value is -3.87. The molecule has 168 valence electrons. The zero-order valence-corrected chi connectivity index (χ0v) is 18.9. The van der Waals surface area contributed by atoms with Crippen molar-refractivity contribution in [1.29, 1.82) is 0 Å². The van der Waals surface area contributed by atoms with Crippen LogP contribution in [0.25, 0.3) is 16.7 Å². The fourth-order valence-corrected chi connectivity index (χ4v) is 4.66. The zero-order chi connectivity index (χ0) is 22.9. The standard InChI is InChI=1S/C26H27N5O2/c1-19-17-23(32)30(26-25(19)20(2)27-31(26)22-11-7-4-8-12-22)18-24(33)29-15-13-28(14-16-29)21-9-5-3-6-10-21/h3-12,17H,13-16,18H2,1-2H3. The van der Waals surface area contributed by atoms with Crippen LogP contribution in [0.15, 0.2) is 71.5 Å². The Labute approximate surface area is 192 Å². The van der Waals surface area contributed by atoms with Crippen molar-refractivity contribution < 1.29 is 4.79 Å². The van der Waals surface area contributed by atoms with Gasteiger partial charge in [-0.2, -0.15) is 5.10 Å². The van der Waals surface area contributed by atoms with Crippen LogP contribution in [0.4, 0.5) is 5.69 Å². The first-order chi connectivity index (χ1) is 16.0. The summed E-state index contributed by atoms with van der Waals surface area (Å²) in [6, 6.07) is 21.6. The lowest BCUT2D eigenvalue weighted by Gasteiger charge is -2.36. The van der Waals surface area contributed by atoms with Crippen LogP contribution in [-0.2, 0) is 11.3 Å². The van der Waals surface area contributed by atoms with Gasteiger partial charge in [0.05, 0.1) is 11.4 Å². The molecule has 0 aliphatic carbocycles. The third-order valence-electron chi connectivity index (χ3n) is 6.34. The van der Waals surface area contributed by atoms with E-state index in [2.05, 4.69) is 17.0 Å². The molecule has 33 heavy (non-hydrogen) atoms. The van der Waals surface area contributed by atoms with Crippen molar-refractivity contribution in [3.63, 3.8) is 0 Å². The van der Waals surface area contributed by atoms with E-state index < -0.39 is 0 Å². The maximum absolute atomic E-state index is 13.3. The van der Waals surface area contributed by atoms with Gasteiger partial charge in [-0.3, -0.25) is 14.2 Å². The van der Waals surface area contributed by atoms with E-state index in [1.54, 1.807) is 15.3 Å². The summed E-state index contributed by atoms with van der Waals surface area (Å²) in [7, 11) is 0. The number of carbonyl (C=O) groups is 1. The highest BCUT2D eigenvalue weighted by molar-refractivity contribution is 5.85. The average Bonchev–Trinajstić information content (AvgIpc) is 3.20. The molecule has 2 aromatic carbocycles. The fourth-order valence-electron chi connectivity index (χ4n) is 4.66. The topological polar surface area (TPSA) is 63.4 Å². The number of aryl methyl sites for hydroxylation is 2. The van der Waals surface area contributed by atoms with Crippen LogP contribution >= 0.6 is 0 Å². The Kier molecular flexibility index (Phi) is 5.46. The summed E-state index contributed by atoms with van der Waals surface area (Å²) in [6.45, 7) is 6.67. The van der Waals surface area contributed by atoms with Gasteiger partial charge in [0.2, 0.25) is 5.91 Å². The van der Waals surface area contributed by atoms with E-state index in [-0.39, 0.29) is 18.0 Å². The number of fused-ring (bicyclic) bond motifs is 1. The molecule has 2 aromatic heterocycles. The first-order valence-corrected chi connectivity index (χ1v) is 11.3. The van der Waals surface area contributed by atoms with Gasteiger partial charge in [0.1, 0.15) is 12.2 Å². The normalized spacial score (nSPS) is 14.1. The molecule has 0 unspecified atom stereocenters. The van der Waals surface area contributed by atoms with Gasteiger partial charge in [0.15, 0.2) is 0 Å². The Morgan fingerprint density at radius 3 is 2.12 bits per heavy atom. The molecule has 1 saturated heterocycles. The number of anilines is 1. The summed E-state index contributed by atoms with van der Waals surface area (Å²) in [6.07, 6.45) is 0. The van der Waals surface area contributed by atoms with Crippen molar-refractivity contribution in [2.45, 2.75) is 20.4 Å². The third kappa shape index (κ3) is 3.91. The average molecular weight is 442 g/mol. The molecule has 5 rings (SSSR count). The molecular formula is C26H27N5O2. The fraction of sp³-hybridized carbons (Fsp3) is 0.269. The Morgan fingerprint density at radius 1 is 0.879 bits per heavy atom. The Balaban J connectivity index is 1.45. The summed E-state index contributed by atoms with van der Waals surface area (Å²) in [5.41, 5.74) is 4.22. The minimum Gasteiger partial charge on any atom is -0.368 e. The van der Waals surface area contributed by atoms with Gasteiger partial charge in [0, 0.05) is 43.3 Å². The van der Waals surface area contributed by atoms with Crippen molar-refractivity contribution in [3.8, 4) is 5.69 Å². The first kappa shape index (κ1) is 21.0. The molecular weight excluding hydrogens is 414 g/mol. The van der Waals surface area contributed by atoms with E-state index in [4.69, 9.17) is 5.10 Å². The molecule has 0 atom stereocenters. The van der Waals surface area contributed by atoms with Gasteiger partial charge in [-0.15, -0.1) is 0 Å². The molecule has 1 aliphatic rings. The van der Waals surface area contributed by atoms with E-state index in [1.807, 2.05) is 67.3 Å². The highest BCUT2D eigenvalue weighted by Gasteiger charge is 2.24. The van der Waals surface area contributed by atoms with Crippen molar-refractivity contribution in [2.24, 2.45) is 0 Å². The SMILES string of the molecule is Cc1cc(=O)n(CC(=O)N2CCN(c3ccccc3)CC2)c2c1c(C)nn2-c1ccccc1. The summed E-state index contributed by atoms with van der Waals surface area (Å²) in [4.78, 5) is 30.4. The maximum atomic E-state index is 13.3. The molecule has 0 spiro atoms. The minimum atomic E-state index is -0.187. The summed E-state index contributed by atoms with van der Waals surface area (Å²) in [5, 5.41) is 5.63. The second-order valence-electron chi connectivity index (χ2n) is 8.49. The summed E-state index contributed by atoms with van der Waals surface area (Å²) in [5.74, 6) is -0.0478. The number of carbonyl (C=O) groups excluding carboxylic acids is 1. The number of pyridine rings is 1. The number of hydrogen-bond acceptors (Lipinski definition) is 4. The molecule has 1 amide bonds. The number of para-hydroxylation sites is 2. The van der Waals surface area contributed by atoms with Crippen molar-refractivity contribution in [1.82, 2.24) is 19.2 Å². The number of aromatic nitrogens is 3. The molecule has 1 fully saturated rings. The second-order valence-corrected chi connectivity index (χ2v) is 8.49. The van der Waals surface area contributed by atoms with Crippen LogP contribution in [0, 0.1) is 13.8 Å². The highest BCUT2D eigenvalue weighted by atomic mass is 16.2. The minimum absolute atomic E-state index is 0.00107. The lowest BCUT2D eigenvalue weighted by molar-refractivity contribution is -0.132. The molecule has 7 heteroatoms. The van der Waals surface area contributed by atoms with Crippen LogP contribution in [0.2, 0.25) is 0 Å². The van der Waals surface area contributed by atoms with Gasteiger partial charge in [-0.05, 0) is 43.7 Å². The van der Waals surface area contributed by atoms with Gasteiger partial charge in [0.25, 0.3) is 5.56 Å². The molecule has 1 aliphatic heterocycles. The predicted molar refractivity (Wildman–Crippen MR) is 130 cm³/mol. The van der Waals surface area contributed by atoms with Crippen LogP contribution < -0.4 is 10.5 Å². The second kappa shape index (κ2) is 8.58. The quantitative estimate of drug-likeness (QED) is 0.488. The number of rotatable bonds is 4. The van der Waals surface area contributed by atoms with E-state index in [1.165, 1.54) is 5.69 Å². The molecule has 0 radical (unpaired) electrons. The zero-order valence-electron chi connectivity index (χ0n) is 18.9. The molecule has 4 aromatic rings. The lowest BCUT2D eigenvalue weighted by atomic mass is 10.1. The van der Waals surface area contributed by atoms with Gasteiger partial charge >= 0.3 is 0 Å². The molecule has 0 bridgehead atoms. The molecule has 0 saturated carbocycles. The monoisotopic (exact) mass is 441 g/mol. The summed E-state index contributed by atoms with van der Waals surface area (Å²) >= 11 is 0. The van der Waals surface area contributed by atoms with Gasteiger partial charge in [-0.1, -0.05) is 36.4 Å².